The van der Waals surface area contributed by atoms with Gasteiger partial charge in [-0.05, 0) is 72.0 Å². The number of methoxy groups -OCH3 is 6. The molecule has 10 nitrogen and oxygen atoms in total. The zero-order valence-corrected chi connectivity index (χ0v) is 28.1. The van der Waals surface area contributed by atoms with Crippen molar-refractivity contribution in [2.45, 2.75) is 24.8 Å². The zero-order chi connectivity index (χ0) is 34.8. The van der Waals surface area contributed by atoms with E-state index in [0.717, 1.165) is 5.56 Å². The molecule has 1 heterocycles. The molecule has 0 fully saturated rings. The Bertz CT molecular complexity index is 1910. The van der Waals surface area contributed by atoms with Gasteiger partial charge in [0.25, 0.3) is 5.91 Å². The van der Waals surface area contributed by atoms with Gasteiger partial charge in [0, 0.05) is 23.3 Å². The van der Waals surface area contributed by atoms with Gasteiger partial charge < -0.3 is 33.7 Å². The lowest BCUT2D eigenvalue weighted by Crippen LogP contribution is -2.38. The van der Waals surface area contributed by atoms with Crippen molar-refractivity contribution in [3.8, 4) is 34.5 Å². The van der Waals surface area contributed by atoms with E-state index in [9.17, 15) is 14.0 Å². The molecule has 0 saturated carbocycles. The number of hydrogen-bond donors (Lipinski definition) is 1. The summed E-state index contributed by atoms with van der Waals surface area (Å²) in [6.07, 6.45) is 0.527. The average Bonchev–Trinajstić information content (AvgIpc) is 3.27. The Hall–Kier alpha value is -5.71. The minimum absolute atomic E-state index is 0.119. The van der Waals surface area contributed by atoms with Crippen molar-refractivity contribution >= 4 is 23.1 Å². The molecule has 2 unspecified atom stereocenters. The fourth-order valence-corrected chi connectivity index (χ4v) is 6.72. The van der Waals surface area contributed by atoms with Gasteiger partial charge in [-0.1, -0.05) is 24.3 Å². The van der Waals surface area contributed by atoms with Crippen molar-refractivity contribution in [1.82, 2.24) is 0 Å². The number of fused-ring (bicyclic) bond motifs is 1. The first-order chi connectivity index (χ1) is 23.8. The Morgan fingerprint density at radius 1 is 0.714 bits per heavy atom. The van der Waals surface area contributed by atoms with Gasteiger partial charge in [-0.3, -0.25) is 14.5 Å². The third kappa shape index (κ3) is 5.96. The first kappa shape index (κ1) is 33.2. The highest BCUT2D eigenvalue weighted by Crippen LogP contribution is 2.50. The van der Waals surface area contributed by atoms with Gasteiger partial charge in [0.05, 0.1) is 60.1 Å². The van der Waals surface area contributed by atoms with E-state index in [4.69, 9.17) is 28.4 Å². The normalized spacial score (nSPS) is 16.9. The average molecular weight is 669 g/mol. The molecule has 254 valence electrons. The summed E-state index contributed by atoms with van der Waals surface area (Å²) in [6, 6.07) is 19.1. The zero-order valence-electron chi connectivity index (χ0n) is 28.1. The molecule has 0 bridgehead atoms. The summed E-state index contributed by atoms with van der Waals surface area (Å²) in [7, 11) is 9.03. The second-order valence-corrected chi connectivity index (χ2v) is 11.6. The third-order valence-corrected chi connectivity index (χ3v) is 8.94. The van der Waals surface area contributed by atoms with Gasteiger partial charge in [-0.2, -0.15) is 0 Å². The van der Waals surface area contributed by atoms with Crippen LogP contribution in [0, 0.1) is 5.82 Å². The number of benzene rings is 4. The maximum atomic E-state index is 15.0. The van der Waals surface area contributed by atoms with E-state index in [1.165, 1.54) is 45.5 Å². The van der Waals surface area contributed by atoms with Crippen LogP contribution in [0.15, 0.2) is 84.1 Å². The maximum Gasteiger partial charge on any atom is 0.259 e. The summed E-state index contributed by atoms with van der Waals surface area (Å²) in [5.74, 6) is 0.871. The van der Waals surface area contributed by atoms with Crippen LogP contribution in [0.2, 0.25) is 0 Å². The van der Waals surface area contributed by atoms with Crippen LogP contribution in [0.1, 0.15) is 46.3 Å². The molecule has 2 aliphatic rings. The highest BCUT2D eigenvalue weighted by molar-refractivity contribution is 6.12. The van der Waals surface area contributed by atoms with Gasteiger partial charge in [0.1, 0.15) is 5.82 Å². The molecule has 2 atom stereocenters. The number of nitrogens with zero attached hydrogens (tertiary/aromatic N) is 1. The second kappa shape index (κ2) is 13.8. The lowest BCUT2D eigenvalue weighted by molar-refractivity contribution is -0.116. The van der Waals surface area contributed by atoms with Crippen molar-refractivity contribution in [3.05, 3.63) is 107 Å². The number of anilines is 2. The summed E-state index contributed by atoms with van der Waals surface area (Å²) in [5.41, 5.74) is 3.57. The van der Waals surface area contributed by atoms with Crippen LogP contribution in [-0.2, 0) is 4.79 Å². The molecule has 1 aliphatic carbocycles. The molecule has 1 amide bonds. The number of nitrogens with one attached hydrogen (secondary N) is 1. The number of halogens is 1. The van der Waals surface area contributed by atoms with Crippen LogP contribution >= 0.6 is 0 Å². The van der Waals surface area contributed by atoms with Crippen LogP contribution < -0.4 is 38.6 Å². The van der Waals surface area contributed by atoms with Crippen molar-refractivity contribution in [2.24, 2.45) is 0 Å². The Morgan fingerprint density at radius 3 is 1.88 bits per heavy atom. The number of hydrogen-bond acceptors (Lipinski definition) is 9. The fraction of sp³-hybridized carbons (Fsp3) is 0.263. The molecule has 1 N–H and O–H groups in total. The fourth-order valence-electron chi connectivity index (χ4n) is 6.72. The number of allylic oxidation sites excluding steroid dienone is 1. The lowest BCUT2D eigenvalue weighted by atomic mass is 9.78. The summed E-state index contributed by atoms with van der Waals surface area (Å²) in [5, 5.41) is 3.50. The smallest absolute Gasteiger partial charge is 0.259 e. The Labute approximate surface area is 283 Å². The predicted octanol–water partition coefficient (Wildman–Crippen LogP) is 7.09. The molecule has 0 aromatic heterocycles. The van der Waals surface area contributed by atoms with Crippen LogP contribution in [0.25, 0.3) is 0 Å². The molecule has 49 heavy (non-hydrogen) atoms. The highest BCUT2D eigenvalue weighted by atomic mass is 19.1. The Morgan fingerprint density at radius 2 is 1.31 bits per heavy atom. The first-order valence-electron chi connectivity index (χ1n) is 15.6. The predicted molar refractivity (Wildman–Crippen MR) is 182 cm³/mol. The van der Waals surface area contributed by atoms with Crippen molar-refractivity contribution in [2.75, 3.05) is 52.9 Å². The largest absolute Gasteiger partial charge is 0.493 e. The standard InChI is InChI=1S/C38H37FN2O8/c1-44-30-17-23(18-31(45-2)36(30)48-5)22-15-27-34(29(42)16-22)35(21-10-9-11-25(39)14-21)41(28-13-8-7-12-26(28)40-27)38(43)24-19-32(46-3)37(49-6)33(20-24)47-4/h7-14,17-20,22,35,40H,15-16H2,1-6H3. The van der Waals surface area contributed by atoms with E-state index in [2.05, 4.69) is 5.32 Å². The number of ether oxygens (including phenoxy) is 6. The van der Waals surface area contributed by atoms with Crippen LogP contribution in [0.5, 0.6) is 34.5 Å². The minimum Gasteiger partial charge on any atom is -0.493 e. The number of carbonyl (C=O) groups excluding carboxylic acids is 2. The summed E-state index contributed by atoms with van der Waals surface area (Å²) in [4.78, 5) is 30.9. The molecule has 0 spiro atoms. The van der Waals surface area contributed by atoms with E-state index in [0.29, 0.717) is 57.6 Å². The van der Waals surface area contributed by atoms with Crippen LogP contribution in [0.3, 0.4) is 0 Å². The summed E-state index contributed by atoms with van der Waals surface area (Å²) >= 11 is 0. The number of carbonyl (C=O) groups is 2. The topological polar surface area (TPSA) is 105 Å². The molecule has 11 heteroatoms. The monoisotopic (exact) mass is 668 g/mol. The lowest BCUT2D eigenvalue weighted by Gasteiger charge is -2.35. The molecule has 4 aromatic rings. The number of para-hydroxylation sites is 2. The number of Topliss-reactive ketones (excluding diaryl/α,β-unsaturated/α-hetero) is 1. The molecular weight excluding hydrogens is 631 g/mol. The number of amides is 1. The van der Waals surface area contributed by atoms with Gasteiger partial charge >= 0.3 is 0 Å². The molecule has 0 radical (unpaired) electrons. The quantitative estimate of drug-likeness (QED) is 0.200. The number of rotatable bonds is 9. The van der Waals surface area contributed by atoms with E-state index < -0.39 is 17.8 Å². The van der Waals surface area contributed by atoms with E-state index in [-0.39, 0.29) is 35.2 Å². The van der Waals surface area contributed by atoms with E-state index in [1.807, 2.05) is 30.3 Å². The van der Waals surface area contributed by atoms with Gasteiger partial charge in [0.15, 0.2) is 28.8 Å². The molecule has 1 aliphatic heterocycles. The van der Waals surface area contributed by atoms with Gasteiger partial charge in [-0.15, -0.1) is 0 Å². The van der Waals surface area contributed by atoms with Crippen molar-refractivity contribution < 1.29 is 42.4 Å². The first-order valence-corrected chi connectivity index (χ1v) is 15.6. The minimum atomic E-state index is -0.984. The summed E-state index contributed by atoms with van der Waals surface area (Å²) in [6.45, 7) is 0. The molecule has 6 rings (SSSR count). The maximum absolute atomic E-state index is 15.0. The van der Waals surface area contributed by atoms with Crippen molar-refractivity contribution in [1.29, 1.82) is 0 Å². The van der Waals surface area contributed by atoms with Gasteiger partial charge in [0.2, 0.25) is 11.5 Å². The van der Waals surface area contributed by atoms with Crippen LogP contribution in [0.4, 0.5) is 15.8 Å². The van der Waals surface area contributed by atoms with Crippen molar-refractivity contribution in [3.63, 3.8) is 0 Å². The van der Waals surface area contributed by atoms with E-state index >= 15 is 0 Å². The third-order valence-electron chi connectivity index (χ3n) is 8.94. The molecule has 4 aromatic carbocycles. The van der Waals surface area contributed by atoms with Gasteiger partial charge in [-0.25, -0.2) is 4.39 Å². The Balaban J connectivity index is 1.55. The van der Waals surface area contributed by atoms with E-state index in [1.54, 1.807) is 44.6 Å². The highest BCUT2D eigenvalue weighted by Gasteiger charge is 2.42. The number of ketones is 1. The second-order valence-electron chi connectivity index (χ2n) is 11.6. The molecule has 0 saturated heterocycles. The Kier molecular flexibility index (Phi) is 9.35. The van der Waals surface area contributed by atoms with Crippen LogP contribution in [-0.4, -0.2) is 54.3 Å². The summed E-state index contributed by atoms with van der Waals surface area (Å²) < 4.78 is 48.3. The molecular formula is C38H37FN2O8. The SMILES string of the molecule is COc1cc(C(=O)N2c3ccccc3NC3=C(C(=O)CC(c4cc(OC)c(OC)c(OC)c4)C3)C2c2cccc(F)c2)cc(OC)c1OC.